The number of carbonyl (C=O) groups is 2. The van der Waals surface area contributed by atoms with Crippen LogP contribution in [0.3, 0.4) is 0 Å². The minimum Gasteiger partial charge on any atom is -0.478 e. The number of fused-ring (bicyclic) bond motifs is 2. The summed E-state index contributed by atoms with van der Waals surface area (Å²) in [4.78, 5) is 41.0. The normalized spacial score (nSPS) is 11.2. The average Bonchev–Trinajstić information content (AvgIpc) is 3.09. The van der Waals surface area contributed by atoms with Gasteiger partial charge in [-0.15, -0.1) is 0 Å². The van der Waals surface area contributed by atoms with Crippen molar-refractivity contribution in [3.8, 4) is 0 Å². The molecule has 0 saturated heterocycles. The molecule has 2 aromatic carbocycles. The molecule has 1 N–H and O–H groups in total. The highest BCUT2D eigenvalue weighted by molar-refractivity contribution is 6.08. The van der Waals surface area contributed by atoms with Gasteiger partial charge >= 0.3 is 5.97 Å². The van der Waals surface area contributed by atoms with Gasteiger partial charge in [0.25, 0.3) is 5.56 Å². The Morgan fingerprint density at radius 3 is 2.62 bits per heavy atom. The van der Waals surface area contributed by atoms with E-state index < -0.39 is 5.97 Å². The summed E-state index contributed by atoms with van der Waals surface area (Å²) in [6.07, 6.45) is 4.08. The molecule has 2 heterocycles. The van der Waals surface area contributed by atoms with E-state index in [1.54, 1.807) is 0 Å². The van der Waals surface area contributed by atoms with E-state index in [0.29, 0.717) is 5.56 Å². The Bertz CT molecular complexity index is 1320. The van der Waals surface area contributed by atoms with Crippen molar-refractivity contribution in [2.75, 3.05) is 0 Å². The Hall–Kier alpha value is -3.74. The third kappa shape index (κ3) is 3.31. The van der Waals surface area contributed by atoms with Gasteiger partial charge in [0.2, 0.25) is 0 Å². The lowest BCUT2D eigenvalue weighted by Crippen LogP contribution is -2.24. The smallest absolute Gasteiger partial charge is 0.335 e. The lowest BCUT2D eigenvalue weighted by Gasteiger charge is -2.06. The van der Waals surface area contributed by atoms with E-state index in [2.05, 4.69) is 16.5 Å². The summed E-state index contributed by atoms with van der Waals surface area (Å²) in [6, 6.07) is 11.9. The molecule has 7 nitrogen and oxygen atoms in total. The van der Waals surface area contributed by atoms with Crippen LogP contribution in [-0.4, -0.2) is 31.0 Å². The molecule has 0 aliphatic carbocycles. The molecular weight excluding hydrogens is 370 g/mol. The number of nitrogens with zero attached hydrogens (tertiary/aromatic N) is 3. The minimum absolute atomic E-state index is 0.0574. The van der Waals surface area contributed by atoms with E-state index in [1.807, 2.05) is 30.5 Å². The van der Waals surface area contributed by atoms with Crippen LogP contribution in [-0.2, 0) is 13.1 Å². The van der Waals surface area contributed by atoms with Crippen molar-refractivity contribution in [1.29, 1.82) is 0 Å². The Morgan fingerprint density at radius 1 is 1.07 bits per heavy atom. The third-order valence-corrected chi connectivity index (χ3v) is 4.94. The van der Waals surface area contributed by atoms with Gasteiger partial charge in [-0.05, 0) is 30.7 Å². The van der Waals surface area contributed by atoms with Crippen LogP contribution in [0.25, 0.3) is 21.8 Å². The Balaban J connectivity index is 1.72. The highest BCUT2D eigenvalue weighted by atomic mass is 16.4. The van der Waals surface area contributed by atoms with Crippen LogP contribution in [0.5, 0.6) is 0 Å². The number of carbonyl (C=O) groups excluding carboxylic acids is 1. The molecule has 0 spiro atoms. The number of para-hydroxylation sites is 1. The van der Waals surface area contributed by atoms with Crippen LogP contribution >= 0.6 is 0 Å². The summed E-state index contributed by atoms with van der Waals surface area (Å²) in [7, 11) is 0. The van der Waals surface area contributed by atoms with Crippen molar-refractivity contribution in [3.05, 3.63) is 76.5 Å². The highest BCUT2D eigenvalue weighted by Gasteiger charge is 2.17. The molecule has 4 aromatic rings. The molecular formula is C22H19N3O4. The Labute approximate surface area is 165 Å². The van der Waals surface area contributed by atoms with E-state index in [4.69, 9.17) is 5.11 Å². The summed E-state index contributed by atoms with van der Waals surface area (Å²) in [5.74, 6) is -1.27. The van der Waals surface area contributed by atoms with Gasteiger partial charge in [-0.1, -0.05) is 25.1 Å². The largest absolute Gasteiger partial charge is 0.478 e. The number of aromatic nitrogens is 3. The molecule has 0 radical (unpaired) electrons. The van der Waals surface area contributed by atoms with Gasteiger partial charge in [-0.25, -0.2) is 9.78 Å². The van der Waals surface area contributed by atoms with Gasteiger partial charge in [0.1, 0.15) is 0 Å². The number of aryl methyl sites for hydroxylation is 1. The molecule has 0 bridgehead atoms. The number of carboxylic acid groups (broad SMARTS) is 1. The van der Waals surface area contributed by atoms with Crippen molar-refractivity contribution in [1.82, 2.24) is 14.1 Å². The molecule has 0 aliphatic heterocycles. The van der Waals surface area contributed by atoms with Crippen molar-refractivity contribution >= 4 is 33.6 Å². The fraction of sp³-hybridized carbons (Fsp3) is 0.182. The minimum atomic E-state index is -1.09. The molecule has 0 unspecified atom stereocenters. The fourth-order valence-electron chi connectivity index (χ4n) is 3.54. The first-order valence-corrected chi connectivity index (χ1v) is 9.33. The number of benzene rings is 2. The summed E-state index contributed by atoms with van der Waals surface area (Å²) in [5, 5.41) is 10.2. The summed E-state index contributed by atoms with van der Waals surface area (Å²) < 4.78 is 3.31. The van der Waals surface area contributed by atoms with Crippen molar-refractivity contribution < 1.29 is 14.7 Å². The molecule has 146 valence electrons. The molecule has 4 rings (SSSR count). The van der Waals surface area contributed by atoms with Gasteiger partial charge in [-0.3, -0.25) is 14.2 Å². The second-order valence-corrected chi connectivity index (χ2v) is 6.89. The van der Waals surface area contributed by atoms with Crippen molar-refractivity contribution in [2.45, 2.75) is 26.4 Å². The van der Waals surface area contributed by atoms with Gasteiger partial charge in [0, 0.05) is 29.2 Å². The third-order valence-electron chi connectivity index (χ3n) is 4.94. The maximum Gasteiger partial charge on any atom is 0.335 e. The van der Waals surface area contributed by atoms with E-state index in [-0.39, 0.29) is 34.4 Å². The quantitative estimate of drug-likeness (QED) is 0.511. The number of ketones is 1. The molecule has 29 heavy (non-hydrogen) atoms. The summed E-state index contributed by atoms with van der Waals surface area (Å²) in [6.45, 7) is 2.74. The average molecular weight is 389 g/mol. The second-order valence-electron chi connectivity index (χ2n) is 6.89. The van der Waals surface area contributed by atoms with Crippen LogP contribution in [0.15, 0.2) is 59.8 Å². The lowest BCUT2D eigenvalue weighted by atomic mass is 10.1. The maximum absolute atomic E-state index is 13.0. The Morgan fingerprint density at radius 2 is 1.86 bits per heavy atom. The zero-order valence-electron chi connectivity index (χ0n) is 15.8. The van der Waals surface area contributed by atoms with E-state index in [0.717, 1.165) is 23.9 Å². The van der Waals surface area contributed by atoms with E-state index >= 15 is 0 Å². The molecule has 0 saturated carbocycles. The second kappa shape index (κ2) is 7.35. The Kier molecular flexibility index (Phi) is 4.72. The lowest BCUT2D eigenvalue weighted by molar-refractivity contribution is 0.0696. The fourth-order valence-corrected chi connectivity index (χ4v) is 3.54. The van der Waals surface area contributed by atoms with Crippen LogP contribution in [0.2, 0.25) is 0 Å². The predicted molar refractivity (Wildman–Crippen MR) is 110 cm³/mol. The number of Topliss-reactive ketones (excluding diaryl/α,β-unsaturated/α-hetero) is 1. The zero-order chi connectivity index (χ0) is 20.5. The van der Waals surface area contributed by atoms with Gasteiger partial charge in [0.15, 0.2) is 5.78 Å². The highest BCUT2D eigenvalue weighted by Crippen LogP contribution is 2.22. The van der Waals surface area contributed by atoms with Crippen LogP contribution in [0.1, 0.15) is 34.1 Å². The number of rotatable bonds is 6. The predicted octanol–water partition coefficient (Wildman–Crippen LogP) is 3.34. The standard InChI is InChI=1S/C22H19N3O4/c1-2-9-24-11-17(15-5-3-4-6-19(15)24)20(26)12-25-13-23-18-10-14(22(28)29)7-8-16(18)21(25)27/h3-8,10-11,13H,2,9,12H2,1H3,(H,28,29). The number of hydrogen-bond acceptors (Lipinski definition) is 4. The number of carboxylic acids is 1. The first kappa shape index (κ1) is 18.6. The SMILES string of the molecule is CCCn1cc(C(=O)Cn2cnc3cc(C(=O)O)ccc3c2=O)c2ccccc21. The molecule has 0 atom stereocenters. The van der Waals surface area contributed by atoms with Crippen molar-refractivity contribution in [2.24, 2.45) is 0 Å². The molecule has 2 aromatic heterocycles. The van der Waals surface area contributed by atoms with Crippen LogP contribution < -0.4 is 5.56 Å². The zero-order valence-corrected chi connectivity index (χ0v) is 15.8. The monoisotopic (exact) mass is 389 g/mol. The topological polar surface area (TPSA) is 94.2 Å². The van der Waals surface area contributed by atoms with Gasteiger partial charge in [-0.2, -0.15) is 0 Å². The van der Waals surface area contributed by atoms with Crippen molar-refractivity contribution in [3.63, 3.8) is 0 Å². The first-order valence-electron chi connectivity index (χ1n) is 9.33. The van der Waals surface area contributed by atoms with Crippen LogP contribution in [0, 0.1) is 0 Å². The van der Waals surface area contributed by atoms with E-state index in [1.165, 1.54) is 29.1 Å². The number of hydrogen-bond donors (Lipinski definition) is 1. The molecule has 7 heteroatoms. The van der Waals surface area contributed by atoms with Gasteiger partial charge in [0.05, 0.1) is 29.3 Å². The summed E-state index contributed by atoms with van der Waals surface area (Å²) >= 11 is 0. The summed E-state index contributed by atoms with van der Waals surface area (Å²) in [5.41, 5.74) is 1.53. The van der Waals surface area contributed by atoms with Gasteiger partial charge < -0.3 is 9.67 Å². The molecule has 0 fully saturated rings. The maximum atomic E-state index is 13.0. The molecule has 0 aliphatic rings. The molecule has 0 amide bonds. The first-order chi connectivity index (χ1) is 14.0. The van der Waals surface area contributed by atoms with Crippen LogP contribution in [0.4, 0.5) is 0 Å². The van der Waals surface area contributed by atoms with E-state index in [9.17, 15) is 14.4 Å². The number of aromatic carboxylic acids is 1.